The van der Waals surface area contributed by atoms with Crippen LogP contribution in [-0.2, 0) is 6.42 Å². The topological polar surface area (TPSA) is 20.2 Å². The lowest BCUT2D eigenvalue weighted by molar-refractivity contribution is 0.178. The van der Waals surface area contributed by atoms with Gasteiger partial charge in [0, 0.05) is 20.0 Å². The molecule has 0 radical (unpaired) electrons. The summed E-state index contributed by atoms with van der Waals surface area (Å²) in [6.07, 6.45) is -0.182. The number of rotatable bonds is 3. The van der Waals surface area contributed by atoms with Gasteiger partial charge in [-0.05, 0) is 58.0 Å². The predicted octanol–water partition coefficient (Wildman–Crippen LogP) is 4.87. The van der Waals surface area contributed by atoms with Gasteiger partial charge in [-0.3, -0.25) is 0 Å². The van der Waals surface area contributed by atoms with E-state index in [-0.39, 0.29) is 0 Å². The number of aliphatic hydroxyl groups excluding tert-OH is 1. The van der Waals surface area contributed by atoms with Crippen LogP contribution in [0.25, 0.3) is 0 Å². The Bertz CT molecular complexity index is 520. The maximum Gasteiger partial charge on any atom is 0.0831 e. The lowest BCUT2D eigenvalue weighted by atomic mass is 10.0. The maximum atomic E-state index is 10.2. The smallest absolute Gasteiger partial charge is 0.0831 e. The molecule has 0 amide bonds. The van der Waals surface area contributed by atoms with Gasteiger partial charge in [0.25, 0.3) is 0 Å². The Labute approximate surface area is 130 Å². The van der Waals surface area contributed by atoms with Crippen molar-refractivity contribution in [2.45, 2.75) is 12.5 Å². The molecule has 1 nitrogen and oxygen atoms in total. The zero-order valence-electron chi connectivity index (χ0n) is 9.41. The molecule has 2 aromatic carbocycles. The van der Waals surface area contributed by atoms with Gasteiger partial charge in [-0.1, -0.05) is 41.4 Å². The number of aliphatic hydroxyl groups is 1. The normalized spacial score (nSPS) is 12.4. The first-order valence-corrected chi connectivity index (χ1v) is 7.28. The van der Waals surface area contributed by atoms with E-state index < -0.39 is 6.10 Å². The Morgan fingerprint density at radius 1 is 1.00 bits per heavy atom. The van der Waals surface area contributed by atoms with E-state index >= 15 is 0 Å². The zero-order valence-corrected chi connectivity index (χ0v) is 13.1. The summed E-state index contributed by atoms with van der Waals surface area (Å²) < 4.78 is 1.14. The van der Waals surface area contributed by atoms with Gasteiger partial charge in [-0.2, -0.15) is 0 Å². The third-order valence-corrected chi connectivity index (χ3v) is 4.14. The lowest BCUT2D eigenvalue weighted by Gasteiger charge is -2.13. The highest BCUT2D eigenvalue weighted by Gasteiger charge is 2.13. The van der Waals surface area contributed by atoms with Crippen LogP contribution in [0.1, 0.15) is 17.2 Å². The number of benzene rings is 2. The molecule has 18 heavy (non-hydrogen) atoms. The highest BCUT2D eigenvalue weighted by Crippen LogP contribution is 2.29. The molecule has 2 aromatic rings. The first-order valence-electron chi connectivity index (χ1n) is 5.44. The fourth-order valence-electron chi connectivity index (χ4n) is 1.72. The van der Waals surface area contributed by atoms with Gasteiger partial charge in [0.05, 0.1) is 6.10 Å². The number of hydrogen-bond donors (Lipinski definition) is 1. The molecular formula is C14H11Cl2IO. The molecule has 0 aliphatic carbocycles. The molecule has 0 aliphatic rings. The molecule has 0 bridgehead atoms. The van der Waals surface area contributed by atoms with E-state index in [9.17, 15) is 5.11 Å². The van der Waals surface area contributed by atoms with Gasteiger partial charge in [-0.25, -0.2) is 0 Å². The van der Waals surface area contributed by atoms with Crippen molar-refractivity contribution in [3.05, 3.63) is 67.2 Å². The van der Waals surface area contributed by atoms with Gasteiger partial charge in [-0.15, -0.1) is 0 Å². The molecule has 2 rings (SSSR count). The van der Waals surface area contributed by atoms with Crippen LogP contribution in [0.15, 0.2) is 42.5 Å². The van der Waals surface area contributed by atoms with Gasteiger partial charge in [0.1, 0.15) is 0 Å². The summed E-state index contributed by atoms with van der Waals surface area (Å²) in [5.74, 6) is 0. The van der Waals surface area contributed by atoms with Crippen LogP contribution in [0.3, 0.4) is 0 Å². The van der Waals surface area contributed by atoms with Crippen molar-refractivity contribution < 1.29 is 5.11 Å². The zero-order chi connectivity index (χ0) is 13.1. The average Bonchev–Trinajstić information content (AvgIpc) is 2.34. The molecular weight excluding hydrogens is 382 g/mol. The second-order valence-electron chi connectivity index (χ2n) is 3.97. The maximum absolute atomic E-state index is 10.2. The van der Waals surface area contributed by atoms with Crippen molar-refractivity contribution in [2.24, 2.45) is 0 Å². The summed E-state index contributed by atoms with van der Waals surface area (Å²) in [5, 5.41) is 11.4. The van der Waals surface area contributed by atoms with E-state index in [0.29, 0.717) is 16.5 Å². The van der Waals surface area contributed by atoms with Gasteiger partial charge in [0.2, 0.25) is 0 Å². The molecule has 1 unspecified atom stereocenters. The lowest BCUT2D eigenvalue weighted by Crippen LogP contribution is -2.03. The summed E-state index contributed by atoms with van der Waals surface area (Å²) in [4.78, 5) is 0. The summed E-state index contributed by atoms with van der Waals surface area (Å²) in [6, 6.07) is 13.1. The van der Waals surface area contributed by atoms with E-state index in [1.807, 2.05) is 24.3 Å². The van der Waals surface area contributed by atoms with Crippen LogP contribution in [-0.4, -0.2) is 5.11 Å². The molecule has 0 aromatic heterocycles. The van der Waals surface area contributed by atoms with Crippen molar-refractivity contribution in [2.75, 3.05) is 0 Å². The number of halogens is 3. The van der Waals surface area contributed by atoms with Crippen LogP contribution in [0.5, 0.6) is 0 Å². The third-order valence-electron chi connectivity index (χ3n) is 2.71. The minimum Gasteiger partial charge on any atom is -0.388 e. The minimum atomic E-state index is -0.598. The molecule has 0 spiro atoms. The van der Waals surface area contributed by atoms with Crippen molar-refractivity contribution in [3.63, 3.8) is 0 Å². The van der Waals surface area contributed by atoms with Crippen LogP contribution in [0.2, 0.25) is 10.0 Å². The van der Waals surface area contributed by atoms with E-state index in [2.05, 4.69) is 22.6 Å². The fourth-order valence-corrected chi connectivity index (χ4v) is 2.63. The Morgan fingerprint density at radius 3 is 2.11 bits per heavy atom. The summed E-state index contributed by atoms with van der Waals surface area (Å²) in [5.41, 5.74) is 1.65. The SMILES string of the molecule is OC(Cc1c(Cl)cccc1Cl)c1ccc(I)cc1. The highest BCUT2D eigenvalue weighted by molar-refractivity contribution is 14.1. The molecule has 0 aliphatic heterocycles. The van der Waals surface area contributed by atoms with Crippen LogP contribution < -0.4 is 0 Å². The standard InChI is InChI=1S/C14H11Cl2IO/c15-12-2-1-3-13(16)11(12)8-14(18)9-4-6-10(17)7-5-9/h1-7,14,18H,8H2. The Hall–Kier alpha value is -0.290. The van der Waals surface area contributed by atoms with Crippen LogP contribution in [0.4, 0.5) is 0 Å². The second-order valence-corrected chi connectivity index (χ2v) is 6.03. The first kappa shape index (κ1) is 14.1. The molecule has 4 heteroatoms. The van der Waals surface area contributed by atoms with Crippen molar-refractivity contribution in [1.29, 1.82) is 0 Å². The van der Waals surface area contributed by atoms with Crippen molar-refractivity contribution in [1.82, 2.24) is 0 Å². The monoisotopic (exact) mass is 392 g/mol. The molecule has 0 heterocycles. The predicted molar refractivity (Wildman–Crippen MR) is 84.3 cm³/mol. The molecule has 94 valence electrons. The molecule has 1 N–H and O–H groups in total. The second kappa shape index (κ2) is 6.24. The highest BCUT2D eigenvalue weighted by atomic mass is 127. The fraction of sp³-hybridized carbons (Fsp3) is 0.143. The molecule has 0 saturated carbocycles. The average molecular weight is 393 g/mol. The quantitative estimate of drug-likeness (QED) is 0.738. The van der Waals surface area contributed by atoms with Crippen LogP contribution >= 0.6 is 45.8 Å². The molecule has 0 fully saturated rings. The summed E-state index contributed by atoms with van der Waals surface area (Å²) in [6.45, 7) is 0. The molecule has 1 atom stereocenters. The largest absolute Gasteiger partial charge is 0.388 e. The molecule has 0 saturated heterocycles. The summed E-state index contributed by atoms with van der Waals surface area (Å²) in [7, 11) is 0. The van der Waals surface area contributed by atoms with Gasteiger partial charge < -0.3 is 5.11 Å². The minimum absolute atomic E-state index is 0.416. The van der Waals surface area contributed by atoms with E-state index in [1.165, 1.54) is 0 Å². The van der Waals surface area contributed by atoms with E-state index in [0.717, 1.165) is 14.7 Å². The van der Waals surface area contributed by atoms with Gasteiger partial charge >= 0.3 is 0 Å². The van der Waals surface area contributed by atoms with Gasteiger partial charge in [0.15, 0.2) is 0 Å². The summed E-state index contributed by atoms with van der Waals surface area (Å²) >= 11 is 14.4. The number of hydrogen-bond acceptors (Lipinski definition) is 1. The first-order chi connectivity index (χ1) is 8.58. The van der Waals surface area contributed by atoms with Crippen molar-refractivity contribution in [3.8, 4) is 0 Å². The third kappa shape index (κ3) is 3.38. The Morgan fingerprint density at radius 2 is 1.56 bits per heavy atom. The van der Waals surface area contributed by atoms with Crippen LogP contribution in [0, 0.1) is 3.57 Å². The van der Waals surface area contributed by atoms with Crippen molar-refractivity contribution >= 4 is 45.8 Å². The Kier molecular flexibility index (Phi) is 4.90. The van der Waals surface area contributed by atoms with E-state index in [1.54, 1.807) is 18.2 Å². The Balaban J connectivity index is 2.21. The van der Waals surface area contributed by atoms with E-state index in [4.69, 9.17) is 23.2 Å².